The number of hydrogen-bond donors (Lipinski definition) is 0. The molecule has 0 aliphatic heterocycles. The third kappa shape index (κ3) is 4.21. The number of furan rings is 1. The Bertz CT molecular complexity index is 427. The Morgan fingerprint density at radius 2 is 1.83 bits per heavy atom. The number of alkyl halides is 1. The highest BCUT2D eigenvalue weighted by atomic mass is 35.5. The summed E-state index contributed by atoms with van der Waals surface area (Å²) in [5.41, 5.74) is 2.57. The molecule has 3 heteroatoms. The average molecular weight is 264 g/mol. The maximum Gasteiger partial charge on any atom is 0.0947 e. The first-order valence-electron chi connectivity index (χ1n) is 6.22. The van der Waals surface area contributed by atoms with Crippen molar-refractivity contribution >= 4 is 11.6 Å². The van der Waals surface area contributed by atoms with E-state index in [1.807, 2.05) is 12.1 Å². The first-order chi connectivity index (χ1) is 8.88. The van der Waals surface area contributed by atoms with Crippen LogP contribution >= 0.6 is 11.6 Å². The molecule has 1 aromatic heterocycles. The van der Waals surface area contributed by atoms with Gasteiger partial charge in [-0.15, -0.1) is 11.6 Å². The molecule has 0 aliphatic carbocycles. The fraction of sp³-hybridized carbons (Fsp3) is 0.333. The predicted molar refractivity (Wildman–Crippen MR) is 74.9 cm³/mol. The van der Waals surface area contributed by atoms with Gasteiger partial charge in [0.25, 0.3) is 0 Å². The number of rotatable bonds is 7. The molecule has 2 rings (SSSR count). The Morgan fingerprint density at radius 3 is 2.50 bits per heavy atom. The van der Waals surface area contributed by atoms with Gasteiger partial charge in [-0.3, -0.25) is 4.90 Å². The van der Waals surface area contributed by atoms with Crippen LogP contribution in [0.25, 0.3) is 0 Å². The van der Waals surface area contributed by atoms with Crippen LogP contribution in [0.1, 0.15) is 11.1 Å². The van der Waals surface area contributed by atoms with Crippen molar-refractivity contribution in [1.29, 1.82) is 0 Å². The van der Waals surface area contributed by atoms with Crippen LogP contribution < -0.4 is 0 Å². The van der Waals surface area contributed by atoms with Crippen LogP contribution in [0.4, 0.5) is 0 Å². The first-order valence-corrected chi connectivity index (χ1v) is 6.75. The number of benzene rings is 1. The van der Waals surface area contributed by atoms with E-state index in [9.17, 15) is 0 Å². The van der Waals surface area contributed by atoms with Gasteiger partial charge in [-0.05, 0) is 18.1 Å². The zero-order chi connectivity index (χ0) is 12.6. The van der Waals surface area contributed by atoms with E-state index in [0.29, 0.717) is 5.88 Å². The van der Waals surface area contributed by atoms with Gasteiger partial charge in [0.05, 0.1) is 12.5 Å². The Kier molecular flexibility index (Phi) is 5.31. The highest BCUT2D eigenvalue weighted by Gasteiger charge is 2.06. The Balaban J connectivity index is 1.86. The van der Waals surface area contributed by atoms with E-state index in [4.69, 9.17) is 16.0 Å². The van der Waals surface area contributed by atoms with Crippen molar-refractivity contribution in [1.82, 2.24) is 4.90 Å². The van der Waals surface area contributed by atoms with Gasteiger partial charge in [-0.2, -0.15) is 0 Å². The molecule has 0 fully saturated rings. The van der Waals surface area contributed by atoms with Crippen molar-refractivity contribution in [2.24, 2.45) is 0 Å². The maximum atomic E-state index is 5.85. The normalized spacial score (nSPS) is 11.0. The predicted octanol–water partition coefficient (Wildman–Crippen LogP) is 3.56. The number of nitrogens with zero attached hydrogens (tertiary/aromatic N) is 1. The lowest BCUT2D eigenvalue weighted by Gasteiger charge is -2.20. The molecule has 0 spiro atoms. The van der Waals surface area contributed by atoms with E-state index in [2.05, 4.69) is 29.2 Å². The average Bonchev–Trinajstić information content (AvgIpc) is 2.90. The minimum Gasteiger partial charge on any atom is -0.472 e. The van der Waals surface area contributed by atoms with Crippen LogP contribution in [0, 0.1) is 0 Å². The van der Waals surface area contributed by atoms with Gasteiger partial charge in [-0.25, -0.2) is 0 Å². The SMILES string of the molecule is ClCCN(CCc1ccccc1)Cc1ccoc1. The summed E-state index contributed by atoms with van der Waals surface area (Å²) in [7, 11) is 0. The molecule has 0 N–H and O–H groups in total. The Labute approximate surface area is 113 Å². The fourth-order valence-corrected chi connectivity index (χ4v) is 2.20. The summed E-state index contributed by atoms with van der Waals surface area (Å²) in [6, 6.07) is 12.5. The van der Waals surface area contributed by atoms with Gasteiger partial charge in [0, 0.05) is 31.1 Å². The second-order valence-electron chi connectivity index (χ2n) is 4.33. The van der Waals surface area contributed by atoms with E-state index in [0.717, 1.165) is 26.1 Å². The summed E-state index contributed by atoms with van der Waals surface area (Å²) >= 11 is 5.85. The summed E-state index contributed by atoms with van der Waals surface area (Å²) < 4.78 is 5.10. The Hall–Kier alpha value is -1.25. The molecule has 0 amide bonds. The van der Waals surface area contributed by atoms with Crippen LogP contribution in [0.5, 0.6) is 0 Å². The van der Waals surface area contributed by atoms with Gasteiger partial charge in [0.1, 0.15) is 0 Å². The number of hydrogen-bond acceptors (Lipinski definition) is 2. The standard InChI is InChI=1S/C15H18ClNO/c16-8-10-17(12-15-7-11-18-13-15)9-6-14-4-2-1-3-5-14/h1-5,7,11,13H,6,8-10,12H2. The zero-order valence-corrected chi connectivity index (χ0v) is 11.1. The molecule has 0 radical (unpaired) electrons. The van der Waals surface area contributed by atoms with Crippen LogP contribution in [0.2, 0.25) is 0 Å². The molecule has 0 atom stereocenters. The largest absolute Gasteiger partial charge is 0.472 e. The molecule has 1 aromatic carbocycles. The minimum atomic E-state index is 0.659. The van der Waals surface area contributed by atoms with E-state index < -0.39 is 0 Å². The van der Waals surface area contributed by atoms with Crippen molar-refractivity contribution in [3.05, 3.63) is 60.1 Å². The summed E-state index contributed by atoms with van der Waals surface area (Å²) in [5, 5.41) is 0. The first kappa shape index (κ1) is 13.2. The topological polar surface area (TPSA) is 16.4 Å². The molecule has 18 heavy (non-hydrogen) atoms. The monoisotopic (exact) mass is 263 g/mol. The van der Waals surface area contributed by atoms with Gasteiger partial charge in [0.15, 0.2) is 0 Å². The van der Waals surface area contributed by atoms with Crippen molar-refractivity contribution in [3.8, 4) is 0 Å². The van der Waals surface area contributed by atoms with Crippen molar-refractivity contribution in [2.45, 2.75) is 13.0 Å². The molecule has 96 valence electrons. The summed E-state index contributed by atoms with van der Waals surface area (Å²) in [5.74, 6) is 0.659. The lowest BCUT2D eigenvalue weighted by Crippen LogP contribution is -2.27. The summed E-state index contributed by atoms with van der Waals surface area (Å²) in [4.78, 5) is 2.35. The molecule has 0 saturated heterocycles. The molecule has 0 bridgehead atoms. The van der Waals surface area contributed by atoms with Crippen LogP contribution in [-0.4, -0.2) is 23.9 Å². The second-order valence-corrected chi connectivity index (χ2v) is 4.71. The van der Waals surface area contributed by atoms with Crippen molar-refractivity contribution < 1.29 is 4.42 Å². The summed E-state index contributed by atoms with van der Waals surface area (Å²) in [6.07, 6.45) is 4.56. The highest BCUT2D eigenvalue weighted by Crippen LogP contribution is 2.08. The van der Waals surface area contributed by atoms with Gasteiger partial charge >= 0.3 is 0 Å². The van der Waals surface area contributed by atoms with E-state index in [1.54, 1.807) is 12.5 Å². The maximum absolute atomic E-state index is 5.85. The van der Waals surface area contributed by atoms with Gasteiger partial charge < -0.3 is 4.42 Å². The lowest BCUT2D eigenvalue weighted by atomic mass is 10.1. The van der Waals surface area contributed by atoms with E-state index in [-0.39, 0.29) is 0 Å². The van der Waals surface area contributed by atoms with Gasteiger partial charge in [-0.1, -0.05) is 30.3 Å². The van der Waals surface area contributed by atoms with Gasteiger partial charge in [0.2, 0.25) is 0 Å². The molecule has 1 heterocycles. The molecule has 2 nitrogen and oxygen atoms in total. The Morgan fingerprint density at radius 1 is 1.00 bits per heavy atom. The zero-order valence-electron chi connectivity index (χ0n) is 10.4. The molecule has 0 unspecified atom stereocenters. The molecule has 0 saturated carbocycles. The number of halogens is 1. The fourth-order valence-electron chi connectivity index (χ4n) is 1.96. The minimum absolute atomic E-state index is 0.659. The molecule has 0 aliphatic rings. The lowest BCUT2D eigenvalue weighted by molar-refractivity contribution is 0.284. The van der Waals surface area contributed by atoms with E-state index in [1.165, 1.54) is 11.1 Å². The smallest absolute Gasteiger partial charge is 0.0947 e. The van der Waals surface area contributed by atoms with Crippen LogP contribution in [0.15, 0.2) is 53.3 Å². The van der Waals surface area contributed by atoms with Crippen LogP contribution in [-0.2, 0) is 13.0 Å². The quantitative estimate of drug-likeness (QED) is 0.710. The van der Waals surface area contributed by atoms with Crippen molar-refractivity contribution in [2.75, 3.05) is 19.0 Å². The molecule has 2 aromatic rings. The van der Waals surface area contributed by atoms with E-state index >= 15 is 0 Å². The van der Waals surface area contributed by atoms with Crippen molar-refractivity contribution in [3.63, 3.8) is 0 Å². The second kappa shape index (κ2) is 7.24. The molecular formula is C15H18ClNO. The third-order valence-corrected chi connectivity index (χ3v) is 3.12. The third-order valence-electron chi connectivity index (χ3n) is 2.95. The summed E-state index contributed by atoms with van der Waals surface area (Å²) in [6.45, 7) is 2.82. The highest BCUT2D eigenvalue weighted by molar-refractivity contribution is 6.18. The molecular weight excluding hydrogens is 246 g/mol. The van der Waals surface area contributed by atoms with Crippen LogP contribution in [0.3, 0.4) is 0 Å².